The number of carbonyl (C=O) groups excluding carboxylic acids is 4. The number of esters is 1. The van der Waals surface area contributed by atoms with E-state index in [1.807, 2.05) is 48.5 Å². The third kappa shape index (κ3) is 2.27. The lowest BCUT2D eigenvalue weighted by molar-refractivity contribution is -0.128. The van der Waals surface area contributed by atoms with Crippen LogP contribution in [0.2, 0.25) is 0 Å². The zero-order valence-electron chi connectivity index (χ0n) is 17.7. The summed E-state index contributed by atoms with van der Waals surface area (Å²) in [6.45, 7) is 0. The minimum absolute atomic E-state index is 0.306. The maximum absolute atomic E-state index is 13.9. The Labute approximate surface area is 189 Å². The number of amides is 2. The summed E-state index contributed by atoms with van der Waals surface area (Å²) in [4.78, 5) is 53.5. The van der Waals surface area contributed by atoms with Crippen molar-refractivity contribution in [3.8, 4) is 0 Å². The highest BCUT2D eigenvalue weighted by molar-refractivity contribution is 6.24. The van der Waals surface area contributed by atoms with Crippen LogP contribution in [0.4, 0.5) is 5.69 Å². The Bertz CT molecular complexity index is 1310. The van der Waals surface area contributed by atoms with Crippen LogP contribution in [-0.2, 0) is 24.5 Å². The van der Waals surface area contributed by atoms with E-state index in [4.69, 9.17) is 4.74 Å². The topological polar surface area (TPSA) is 80.8 Å². The van der Waals surface area contributed by atoms with Crippen molar-refractivity contribution in [1.82, 2.24) is 0 Å². The second kappa shape index (κ2) is 6.72. The Morgan fingerprint density at radius 3 is 2.00 bits per heavy atom. The maximum atomic E-state index is 13.9. The van der Waals surface area contributed by atoms with Gasteiger partial charge in [-0.05, 0) is 46.5 Å². The first-order valence-electron chi connectivity index (χ1n) is 10.8. The molecule has 3 aliphatic carbocycles. The summed E-state index contributed by atoms with van der Waals surface area (Å²) >= 11 is 0. The van der Waals surface area contributed by atoms with Gasteiger partial charge in [0.1, 0.15) is 6.29 Å². The zero-order chi connectivity index (χ0) is 22.9. The summed E-state index contributed by atoms with van der Waals surface area (Å²) in [5, 5.41) is 0. The van der Waals surface area contributed by atoms with Crippen LogP contribution in [-0.4, -0.2) is 31.2 Å². The number of benzene rings is 3. The van der Waals surface area contributed by atoms with E-state index in [1.165, 1.54) is 24.1 Å². The molecule has 1 aliphatic heterocycles. The summed E-state index contributed by atoms with van der Waals surface area (Å²) in [6.07, 6.45) is 0.854. The monoisotopic (exact) mass is 437 g/mol. The van der Waals surface area contributed by atoms with Crippen LogP contribution in [0.15, 0.2) is 72.8 Å². The van der Waals surface area contributed by atoms with Crippen LogP contribution in [0.25, 0.3) is 0 Å². The third-order valence-corrected chi connectivity index (χ3v) is 7.42. The predicted octanol–water partition coefficient (Wildman–Crippen LogP) is 3.22. The summed E-state index contributed by atoms with van der Waals surface area (Å²) in [5.74, 6) is -3.02. The SMILES string of the molecule is COC(=O)c1ccc(N2C(=O)[C@H]3C4c5ccccc5C(C=O)(c5ccccc54)[C@H]3C2=O)cc1. The molecule has 0 N–H and O–H groups in total. The van der Waals surface area contributed by atoms with E-state index in [0.29, 0.717) is 11.3 Å². The summed E-state index contributed by atoms with van der Waals surface area (Å²) in [5.41, 5.74) is 2.92. The first-order valence-corrected chi connectivity index (χ1v) is 10.8. The van der Waals surface area contributed by atoms with Gasteiger partial charge < -0.3 is 9.53 Å². The lowest BCUT2D eigenvalue weighted by Crippen LogP contribution is -2.54. The van der Waals surface area contributed by atoms with Crippen molar-refractivity contribution < 1.29 is 23.9 Å². The number of rotatable bonds is 3. The molecule has 0 spiro atoms. The van der Waals surface area contributed by atoms with Crippen LogP contribution in [0.3, 0.4) is 0 Å². The molecular weight excluding hydrogens is 418 g/mol. The molecule has 0 unspecified atom stereocenters. The lowest BCUT2D eigenvalue weighted by Gasteiger charge is -2.51. The summed E-state index contributed by atoms with van der Waals surface area (Å²) in [7, 11) is 1.29. The van der Waals surface area contributed by atoms with Crippen molar-refractivity contribution >= 4 is 29.8 Å². The molecule has 4 aliphatic rings. The van der Waals surface area contributed by atoms with Crippen molar-refractivity contribution in [3.63, 3.8) is 0 Å². The average Bonchev–Trinajstić information content (AvgIpc) is 3.14. The highest BCUT2D eigenvalue weighted by Crippen LogP contribution is 2.63. The van der Waals surface area contributed by atoms with Crippen molar-refractivity contribution in [2.75, 3.05) is 12.0 Å². The summed E-state index contributed by atoms with van der Waals surface area (Å²) < 4.78 is 4.73. The van der Waals surface area contributed by atoms with Gasteiger partial charge in [-0.2, -0.15) is 0 Å². The number of nitrogens with zero attached hydrogens (tertiary/aromatic N) is 1. The van der Waals surface area contributed by atoms with E-state index >= 15 is 0 Å². The Morgan fingerprint density at radius 2 is 1.45 bits per heavy atom. The zero-order valence-corrected chi connectivity index (χ0v) is 17.7. The first kappa shape index (κ1) is 19.6. The molecule has 2 amide bonds. The molecule has 2 bridgehead atoms. The van der Waals surface area contributed by atoms with Gasteiger partial charge in [-0.1, -0.05) is 48.5 Å². The number of imide groups is 1. The largest absolute Gasteiger partial charge is 0.465 e. The van der Waals surface area contributed by atoms with Gasteiger partial charge in [-0.25, -0.2) is 9.69 Å². The Hall–Kier alpha value is -4.06. The van der Waals surface area contributed by atoms with Gasteiger partial charge in [0.15, 0.2) is 0 Å². The Kier molecular flexibility index (Phi) is 3.99. The van der Waals surface area contributed by atoms with E-state index in [1.54, 1.807) is 12.1 Å². The maximum Gasteiger partial charge on any atom is 0.337 e. The molecular formula is C27H19NO5. The summed E-state index contributed by atoms with van der Waals surface area (Å²) in [6, 6.07) is 21.4. The number of hydrogen-bond donors (Lipinski definition) is 0. The molecule has 1 saturated heterocycles. The van der Waals surface area contributed by atoms with E-state index < -0.39 is 29.1 Å². The molecule has 6 nitrogen and oxygen atoms in total. The van der Waals surface area contributed by atoms with Crippen LogP contribution in [0, 0.1) is 11.8 Å². The number of hydrogen-bond acceptors (Lipinski definition) is 5. The van der Waals surface area contributed by atoms with Crippen molar-refractivity contribution in [2.45, 2.75) is 11.3 Å². The van der Waals surface area contributed by atoms with Crippen LogP contribution in [0.1, 0.15) is 38.5 Å². The lowest BCUT2D eigenvalue weighted by atomic mass is 9.48. The van der Waals surface area contributed by atoms with Gasteiger partial charge in [0, 0.05) is 5.92 Å². The Morgan fingerprint density at radius 1 is 0.879 bits per heavy atom. The fourth-order valence-electron chi connectivity index (χ4n) is 6.15. The number of anilines is 1. The molecule has 0 saturated carbocycles. The molecule has 6 heteroatoms. The third-order valence-electron chi connectivity index (χ3n) is 7.42. The highest BCUT2D eigenvalue weighted by Gasteiger charge is 2.68. The van der Waals surface area contributed by atoms with E-state index in [2.05, 4.69) is 0 Å². The van der Waals surface area contributed by atoms with E-state index in [0.717, 1.165) is 28.5 Å². The van der Waals surface area contributed by atoms with Gasteiger partial charge in [0.05, 0.1) is 35.6 Å². The first-order chi connectivity index (χ1) is 16.0. The van der Waals surface area contributed by atoms with Crippen LogP contribution in [0.5, 0.6) is 0 Å². The molecule has 2 atom stereocenters. The fourth-order valence-corrected chi connectivity index (χ4v) is 6.15. The molecule has 0 radical (unpaired) electrons. The fraction of sp³-hybridized carbons (Fsp3) is 0.185. The highest BCUT2D eigenvalue weighted by atomic mass is 16.5. The number of carbonyl (C=O) groups is 4. The molecule has 3 aromatic rings. The minimum atomic E-state index is -1.22. The Balaban J connectivity index is 1.55. The predicted molar refractivity (Wildman–Crippen MR) is 119 cm³/mol. The van der Waals surface area contributed by atoms with E-state index in [-0.39, 0.29) is 11.8 Å². The van der Waals surface area contributed by atoms with Gasteiger partial charge in [0.2, 0.25) is 11.8 Å². The van der Waals surface area contributed by atoms with Crippen molar-refractivity contribution in [1.29, 1.82) is 0 Å². The molecule has 1 fully saturated rings. The van der Waals surface area contributed by atoms with E-state index in [9.17, 15) is 19.2 Å². The standard InChI is InChI=1S/C27H19NO5/c1-33-26(32)15-10-12-16(13-11-15)28-24(30)22-21-17-6-2-4-8-19(17)27(14-29,23(22)25(28)31)20-9-5-3-7-18(20)21/h2-14,21-23H,1H3/t21?,22-,23+,27?/m0/s1. The molecule has 3 aromatic carbocycles. The van der Waals surface area contributed by atoms with Gasteiger partial charge >= 0.3 is 5.97 Å². The molecule has 162 valence electrons. The second-order valence-corrected chi connectivity index (χ2v) is 8.69. The van der Waals surface area contributed by atoms with Gasteiger partial charge in [-0.3, -0.25) is 9.59 Å². The molecule has 1 heterocycles. The van der Waals surface area contributed by atoms with Gasteiger partial charge in [-0.15, -0.1) is 0 Å². The van der Waals surface area contributed by atoms with Crippen LogP contribution < -0.4 is 4.90 Å². The number of aldehydes is 1. The smallest absolute Gasteiger partial charge is 0.337 e. The van der Waals surface area contributed by atoms with Crippen molar-refractivity contribution in [3.05, 3.63) is 101 Å². The number of methoxy groups -OCH3 is 1. The quantitative estimate of drug-likeness (QED) is 0.357. The molecule has 7 rings (SSSR count). The second-order valence-electron chi connectivity index (χ2n) is 8.69. The van der Waals surface area contributed by atoms with Crippen LogP contribution >= 0.6 is 0 Å². The number of ether oxygens (including phenoxy) is 1. The minimum Gasteiger partial charge on any atom is -0.465 e. The van der Waals surface area contributed by atoms with Crippen molar-refractivity contribution in [2.24, 2.45) is 11.8 Å². The normalized spacial score (nSPS) is 26.5. The average molecular weight is 437 g/mol. The molecule has 33 heavy (non-hydrogen) atoms. The molecule has 0 aromatic heterocycles. The van der Waals surface area contributed by atoms with Gasteiger partial charge in [0.25, 0.3) is 0 Å².